The number of hydrogen-bond donors (Lipinski definition) is 2. The number of nitrogens with one attached hydrogen (secondary N) is 1. The SMILES string of the molecule is [C-]#[N+]c1cnn(-c2ncccn2)c1N=Nc1c(O)c(C(=O)Nc2ccc3ccccc3c2)cc2ccccc12. The number of rotatable bonds is 5. The summed E-state index contributed by atoms with van der Waals surface area (Å²) in [6.45, 7) is 7.49. The summed E-state index contributed by atoms with van der Waals surface area (Å²) in [5.41, 5.74) is 0.818. The van der Waals surface area contributed by atoms with E-state index < -0.39 is 5.91 Å². The predicted octanol–water partition coefficient (Wildman–Crippen LogP) is 6.89. The fourth-order valence-electron chi connectivity index (χ4n) is 4.21. The maximum Gasteiger partial charge on any atom is 0.259 e. The van der Waals surface area contributed by atoms with E-state index in [1.807, 2.05) is 48.5 Å². The van der Waals surface area contributed by atoms with Crippen LogP contribution in [0.3, 0.4) is 0 Å². The van der Waals surface area contributed by atoms with E-state index in [-0.39, 0.29) is 34.5 Å². The van der Waals surface area contributed by atoms with Gasteiger partial charge in [-0.05, 0) is 40.4 Å². The van der Waals surface area contributed by atoms with Crippen molar-refractivity contribution in [2.45, 2.75) is 0 Å². The molecule has 0 aliphatic rings. The van der Waals surface area contributed by atoms with E-state index in [0.717, 1.165) is 10.8 Å². The standard InChI is InChI=1S/C29H18N8O2/c1-30-24-17-33-37(29-31-13-6-14-32-29)27(24)36-35-25-22-10-5-4-9-20(22)16-23(26(25)38)28(39)34-21-12-11-18-7-2-3-8-19(18)15-21/h2-17,38H,(H,34,39). The zero-order valence-corrected chi connectivity index (χ0v) is 20.2. The predicted molar refractivity (Wildman–Crippen MR) is 147 cm³/mol. The molecule has 0 saturated carbocycles. The Morgan fingerprint density at radius 3 is 2.44 bits per heavy atom. The van der Waals surface area contributed by atoms with Gasteiger partial charge < -0.3 is 10.4 Å². The van der Waals surface area contributed by atoms with Crippen molar-refractivity contribution in [3.8, 4) is 11.7 Å². The van der Waals surface area contributed by atoms with E-state index in [4.69, 9.17) is 6.57 Å². The maximum absolute atomic E-state index is 13.3. The second-order valence-electron chi connectivity index (χ2n) is 8.48. The van der Waals surface area contributed by atoms with E-state index >= 15 is 0 Å². The Kier molecular flexibility index (Phi) is 5.91. The molecule has 10 heteroatoms. The van der Waals surface area contributed by atoms with Crippen molar-refractivity contribution < 1.29 is 9.90 Å². The van der Waals surface area contributed by atoms with Crippen LogP contribution in [0.1, 0.15) is 10.4 Å². The molecule has 0 bridgehead atoms. The highest BCUT2D eigenvalue weighted by Gasteiger charge is 2.20. The van der Waals surface area contributed by atoms with Gasteiger partial charge >= 0.3 is 0 Å². The van der Waals surface area contributed by atoms with E-state index in [0.29, 0.717) is 16.5 Å². The lowest BCUT2D eigenvalue weighted by Crippen LogP contribution is -2.12. The topological polar surface area (TPSA) is 122 Å². The number of phenols is 1. The molecule has 0 atom stereocenters. The zero-order valence-electron chi connectivity index (χ0n) is 20.2. The molecule has 0 fully saturated rings. The highest BCUT2D eigenvalue weighted by atomic mass is 16.3. The van der Waals surface area contributed by atoms with E-state index in [2.05, 4.69) is 35.5 Å². The van der Waals surface area contributed by atoms with E-state index in [1.54, 1.807) is 42.7 Å². The normalized spacial score (nSPS) is 11.2. The molecule has 0 aliphatic carbocycles. The molecule has 39 heavy (non-hydrogen) atoms. The van der Waals surface area contributed by atoms with Crippen LogP contribution in [-0.4, -0.2) is 30.8 Å². The molecule has 0 radical (unpaired) electrons. The quantitative estimate of drug-likeness (QED) is 0.193. The van der Waals surface area contributed by atoms with Crippen LogP contribution in [0.25, 0.3) is 32.3 Å². The lowest BCUT2D eigenvalue weighted by Gasteiger charge is -2.12. The lowest BCUT2D eigenvalue weighted by atomic mass is 10.0. The van der Waals surface area contributed by atoms with Crippen molar-refractivity contribution >= 4 is 50.3 Å². The molecule has 10 nitrogen and oxygen atoms in total. The van der Waals surface area contributed by atoms with Crippen LogP contribution in [0.4, 0.5) is 22.9 Å². The van der Waals surface area contributed by atoms with Gasteiger partial charge in [-0.15, -0.1) is 10.2 Å². The monoisotopic (exact) mass is 510 g/mol. The molecular formula is C29H18N8O2. The fraction of sp³-hybridized carbons (Fsp3) is 0. The molecule has 2 heterocycles. The highest BCUT2D eigenvalue weighted by Crippen LogP contribution is 2.40. The van der Waals surface area contributed by atoms with Crippen LogP contribution in [0.2, 0.25) is 0 Å². The molecule has 0 spiro atoms. The number of amides is 1. The van der Waals surface area contributed by atoms with Crippen LogP contribution in [0, 0.1) is 6.57 Å². The highest BCUT2D eigenvalue weighted by molar-refractivity contribution is 6.12. The van der Waals surface area contributed by atoms with Crippen LogP contribution < -0.4 is 5.32 Å². The van der Waals surface area contributed by atoms with Gasteiger partial charge in [-0.3, -0.25) is 4.79 Å². The molecule has 186 valence electrons. The van der Waals surface area contributed by atoms with Gasteiger partial charge in [0.25, 0.3) is 17.5 Å². The van der Waals surface area contributed by atoms with Crippen molar-refractivity contribution in [2.24, 2.45) is 10.2 Å². The molecule has 6 rings (SSSR count). The van der Waals surface area contributed by atoms with Gasteiger partial charge in [0.2, 0.25) is 0 Å². The van der Waals surface area contributed by atoms with Gasteiger partial charge in [-0.2, -0.15) is 9.78 Å². The average molecular weight is 511 g/mol. The third-order valence-corrected chi connectivity index (χ3v) is 6.08. The number of nitrogens with zero attached hydrogens (tertiary/aromatic N) is 7. The minimum absolute atomic E-state index is 0.0288. The number of anilines is 1. The van der Waals surface area contributed by atoms with Crippen LogP contribution in [0.15, 0.2) is 108 Å². The van der Waals surface area contributed by atoms with Crippen LogP contribution >= 0.6 is 0 Å². The summed E-state index contributed by atoms with van der Waals surface area (Å²) >= 11 is 0. The number of azo groups is 1. The molecular weight excluding hydrogens is 492 g/mol. The summed E-state index contributed by atoms with van der Waals surface area (Å²) in [4.78, 5) is 25.1. The average Bonchev–Trinajstić information content (AvgIpc) is 3.39. The molecule has 0 aliphatic heterocycles. The molecule has 2 aromatic heterocycles. The van der Waals surface area contributed by atoms with Gasteiger partial charge in [0.1, 0.15) is 5.69 Å². The molecule has 0 unspecified atom stereocenters. The largest absolute Gasteiger partial charge is 0.505 e. The summed E-state index contributed by atoms with van der Waals surface area (Å²) in [6, 6.07) is 23.9. The minimum Gasteiger partial charge on any atom is -0.505 e. The third kappa shape index (κ3) is 4.41. The zero-order chi connectivity index (χ0) is 26.8. The van der Waals surface area contributed by atoms with Gasteiger partial charge in [-0.1, -0.05) is 54.6 Å². The lowest BCUT2D eigenvalue weighted by molar-refractivity contribution is 0.102. The first-order valence-corrected chi connectivity index (χ1v) is 11.8. The third-order valence-electron chi connectivity index (χ3n) is 6.08. The number of phenolic OH excluding ortho intramolecular Hbond substituents is 1. The Bertz CT molecular complexity index is 1940. The van der Waals surface area contributed by atoms with Gasteiger partial charge in [0.15, 0.2) is 11.6 Å². The van der Waals surface area contributed by atoms with Crippen molar-refractivity contribution in [2.75, 3.05) is 5.32 Å². The minimum atomic E-state index is -0.505. The Morgan fingerprint density at radius 1 is 0.897 bits per heavy atom. The summed E-state index contributed by atoms with van der Waals surface area (Å²) in [6.07, 6.45) is 4.42. The molecule has 2 N–H and O–H groups in total. The summed E-state index contributed by atoms with van der Waals surface area (Å²) in [7, 11) is 0. The maximum atomic E-state index is 13.3. The first-order valence-electron chi connectivity index (χ1n) is 11.8. The van der Waals surface area contributed by atoms with Gasteiger partial charge in [-0.25, -0.2) is 14.8 Å². The van der Waals surface area contributed by atoms with Crippen molar-refractivity contribution in [1.82, 2.24) is 19.7 Å². The molecule has 4 aromatic carbocycles. The second kappa shape index (κ2) is 9.84. The summed E-state index contributed by atoms with van der Waals surface area (Å²) in [5, 5.41) is 30.1. The van der Waals surface area contributed by atoms with E-state index in [9.17, 15) is 9.90 Å². The number of aromatic hydroxyl groups is 1. The Hall–Kier alpha value is -5.95. The number of hydrogen-bond acceptors (Lipinski definition) is 7. The molecule has 6 aromatic rings. The fourth-order valence-corrected chi connectivity index (χ4v) is 4.21. The van der Waals surface area contributed by atoms with Crippen molar-refractivity contribution in [3.63, 3.8) is 0 Å². The van der Waals surface area contributed by atoms with Crippen LogP contribution in [-0.2, 0) is 0 Å². The van der Waals surface area contributed by atoms with E-state index in [1.165, 1.54) is 10.9 Å². The van der Waals surface area contributed by atoms with Crippen molar-refractivity contribution in [3.05, 3.63) is 114 Å². The summed E-state index contributed by atoms with van der Waals surface area (Å²) < 4.78 is 1.28. The smallest absolute Gasteiger partial charge is 0.259 e. The number of carbonyl (C=O) groups excluding carboxylic acids is 1. The van der Waals surface area contributed by atoms with Crippen LogP contribution in [0.5, 0.6) is 5.75 Å². The number of carbonyl (C=O) groups is 1. The van der Waals surface area contributed by atoms with Crippen molar-refractivity contribution in [1.29, 1.82) is 0 Å². The Morgan fingerprint density at radius 2 is 1.64 bits per heavy atom. The van der Waals surface area contributed by atoms with Gasteiger partial charge in [0.05, 0.1) is 18.3 Å². The summed E-state index contributed by atoms with van der Waals surface area (Å²) in [5.74, 6) is -0.554. The first kappa shape index (κ1) is 23.4. The number of benzene rings is 4. The number of aromatic nitrogens is 4. The number of fused-ring (bicyclic) bond motifs is 2. The Labute approximate surface area is 221 Å². The second-order valence-corrected chi connectivity index (χ2v) is 8.48. The Balaban J connectivity index is 1.42. The molecule has 1 amide bonds. The first-order chi connectivity index (χ1) is 19.1. The molecule has 0 saturated heterocycles. The van der Waals surface area contributed by atoms with Gasteiger partial charge in [0, 0.05) is 23.5 Å².